The summed E-state index contributed by atoms with van der Waals surface area (Å²) in [5.41, 5.74) is 5.43. The third-order valence-electron chi connectivity index (χ3n) is 1.75. The second kappa shape index (κ2) is 4.13. The van der Waals surface area contributed by atoms with Crippen molar-refractivity contribution in [3.8, 4) is 0 Å². The van der Waals surface area contributed by atoms with Crippen LogP contribution >= 0.6 is 0 Å². The van der Waals surface area contributed by atoms with Crippen LogP contribution in [0.1, 0.15) is 6.42 Å². The molecular weight excluding hydrogens is 138 g/mol. The number of nitrogens with two attached hydrogens (primary N) is 1. The number of rotatable bonds is 4. The van der Waals surface area contributed by atoms with E-state index < -0.39 is 0 Å². The molecule has 2 N–H and O–H groups in total. The summed E-state index contributed by atoms with van der Waals surface area (Å²) < 4.78 is 0. The van der Waals surface area contributed by atoms with Crippen molar-refractivity contribution < 1.29 is 0 Å². The van der Waals surface area contributed by atoms with Gasteiger partial charge >= 0.3 is 0 Å². The Balaban J connectivity index is 2.41. The molecule has 0 aromatic heterocycles. The lowest BCUT2D eigenvalue weighted by atomic mass is 10.3. The van der Waals surface area contributed by atoms with Gasteiger partial charge in [0.2, 0.25) is 0 Å². The summed E-state index contributed by atoms with van der Waals surface area (Å²) in [6.45, 7) is 7.23. The molecule has 11 heavy (non-hydrogen) atoms. The highest BCUT2D eigenvalue weighted by atomic mass is 15.2. The second-order valence-corrected chi connectivity index (χ2v) is 2.57. The molecule has 3 heteroatoms. The van der Waals surface area contributed by atoms with Crippen LogP contribution in [0.2, 0.25) is 0 Å². The van der Waals surface area contributed by atoms with Gasteiger partial charge in [0, 0.05) is 19.5 Å². The van der Waals surface area contributed by atoms with E-state index in [9.17, 15) is 0 Å². The van der Waals surface area contributed by atoms with Gasteiger partial charge in [-0.1, -0.05) is 6.08 Å². The zero-order valence-electron chi connectivity index (χ0n) is 6.79. The minimum Gasteiger partial charge on any atom is -0.355 e. The topological polar surface area (TPSA) is 41.6 Å². The number of amidine groups is 1. The summed E-state index contributed by atoms with van der Waals surface area (Å²) in [7, 11) is 0. The van der Waals surface area contributed by atoms with Crippen molar-refractivity contribution in [1.82, 2.24) is 4.90 Å². The zero-order valence-corrected chi connectivity index (χ0v) is 6.79. The van der Waals surface area contributed by atoms with E-state index in [0.29, 0.717) is 6.54 Å². The normalized spacial score (nSPS) is 16.8. The van der Waals surface area contributed by atoms with Crippen LogP contribution in [-0.4, -0.2) is 36.9 Å². The first-order valence-corrected chi connectivity index (χ1v) is 3.97. The molecule has 0 aromatic rings. The van der Waals surface area contributed by atoms with Gasteiger partial charge in [-0.05, 0) is 6.54 Å². The second-order valence-electron chi connectivity index (χ2n) is 2.57. The van der Waals surface area contributed by atoms with E-state index in [-0.39, 0.29) is 0 Å². The summed E-state index contributed by atoms with van der Waals surface area (Å²) >= 11 is 0. The molecule has 1 heterocycles. The Bertz CT molecular complexity index is 163. The van der Waals surface area contributed by atoms with Crippen molar-refractivity contribution in [1.29, 1.82) is 0 Å². The molecule has 62 valence electrons. The molecule has 0 aliphatic carbocycles. The van der Waals surface area contributed by atoms with Gasteiger partial charge in [-0.15, -0.1) is 6.58 Å². The zero-order chi connectivity index (χ0) is 8.10. The van der Waals surface area contributed by atoms with E-state index in [1.54, 1.807) is 0 Å². The molecule has 0 saturated carbocycles. The van der Waals surface area contributed by atoms with Gasteiger partial charge in [-0.2, -0.15) is 0 Å². The largest absolute Gasteiger partial charge is 0.355 e. The molecule has 0 fully saturated rings. The van der Waals surface area contributed by atoms with E-state index in [1.165, 1.54) is 0 Å². The number of hydrogen-bond donors (Lipinski definition) is 1. The lowest BCUT2D eigenvalue weighted by Gasteiger charge is -2.17. The minimum absolute atomic E-state index is 0.687. The Kier molecular flexibility index (Phi) is 3.11. The highest BCUT2D eigenvalue weighted by Crippen LogP contribution is 2.03. The third-order valence-corrected chi connectivity index (χ3v) is 1.75. The molecule has 3 nitrogen and oxygen atoms in total. The fourth-order valence-electron chi connectivity index (χ4n) is 1.25. The fourth-order valence-corrected chi connectivity index (χ4v) is 1.25. The maximum atomic E-state index is 5.43. The maximum absolute atomic E-state index is 5.43. The Hall–Kier alpha value is -0.830. The Morgan fingerprint density at radius 3 is 3.18 bits per heavy atom. The van der Waals surface area contributed by atoms with Gasteiger partial charge in [0.25, 0.3) is 0 Å². The highest BCUT2D eigenvalue weighted by Gasteiger charge is 2.13. The van der Waals surface area contributed by atoms with Gasteiger partial charge in [0.05, 0.1) is 6.54 Å². The number of hydrogen-bond acceptors (Lipinski definition) is 3. The van der Waals surface area contributed by atoms with Crippen LogP contribution < -0.4 is 5.73 Å². The number of aliphatic imine (C=N–C) groups is 1. The van der Waals surface area contributed by atoms with Crippen molar-refractivity contribution in [2.45, 2.75) is 6.42 Å². The van der Waals surface area contributed by atoms with Crippen molar-refractivity contribution in [3.63, 3.8) is 0 Å². The van der Waals surface area contributed by atoms with Gasteiger partial charge < -0.3 is 10.6 Å². The first-order valence-electron chi connectivity index (χ1n) is 3.97. The van der Waals surface area contributed by atoms with Crippen LogP contribution in [0.15, 0.2) is 17.6 Å². The molecule has 0 spiro atoms. The molecule has 0 saturated heterocycles. The average Bonchev–Trinajstić information content (AvgIpc) is 2.39. The highest BCUT2D eigenvalue weighted by molar-refractivity contribution is 5.84. The molecule has 0 amide bonds. The van der Waals surface area contributed by atoms with Gasteiger partial charge in [-0.3, -0.25) is 4.99 Å². The SMILES string of the molecule is C=CCN1CCN=C1CCN. The monoisotopic (exact) mass is 153 g/mol. The Morgan fingerprint density at radius 2 is 2.55 bits per heavy atom. The van der Waals surface area contributed by atoms with E-state index >= 15 is 0 Å². The third kappa shape index (κ3) is 2.05. The fraction of sp³-hybridized carbons (Fsp3) is 0.625. The maximum Gasteiger partial charge on any atom is 0.101 e. The van der Waals surface area contributed by atoms with Gasteiger partial charge in [0.15, 0.2) is 0 Å². The van der Waals surface area contributed by atoms with Gasteiger partial charge in [0.1, 0.15) is 5.84 Å². The molecule has 0 unspecified atom stereocenters. The average molecular weight is 153 g/mol. The standard InChI is InChI=1S/C8H15N3/c1-2-6-11-7-5-10-8(11)3-4-9/h2H,1,3-7,9H2. The first-order chi connectivity index (χ1) is 5.38. The van der Waals surface area contributed by atoms with Crippen LogP contribution in [0, 0.1) is 0 Å². The predicted molar refractivity (Wildman–Crippen MR) is 47.7 cm³/mol. The Morgan fingerprint density at radius 1 is 1.73 bits per heavy atom. The Labute approximate surface area is 67.6 Å². The van der Waals surface area contributed by atoms with Gasteiger partial charge in [-0.25, -0.2) is 0 Å². The van der Waals surface area contributed by atoms with E-state index in [1.807, 2.05) is 6.08 Å². The molecular formula is C8H15N3. The minimum atomic E-state index is 0.687. The van der Waals surface area contributed by atoms with Crippen LogP contribution in [0.25, 0.3) is 0 Å². The molecule has 0 radical (unpaired) electrons. The molecule has 0 aromatic carbocycles. The summed E-state index contributed by atoms with van der Waals surface area (Å²) in [6, 6.07) is 0. The van der Waals surface area contributed by atoms with Crippen molar-refractivity contribution >= 4 is 5.84 Å². The quantitative estimate of drug-likeness (QED) is 0.588. The van der Waals surface area contributed by atoms with Crippen LogP contribution in [-0.2, 0) is 0 Å². The molecule has 1 rings (SSSR count). The first kappa shape index (κ1) is 8.27. The summed E-state index contributed by atoms with van der Waals surface area (Å²) in [4.78, 5) is 6.56. The molecule has 1 aliphatic rings. The van der Waals surface area contributed by atoms with E-state index in [4.69, 9.17) is 5.73 Å². The van der Waals surface area contributed by atoms with E-state index in [0.717, 1.165) is 31.9 Å². The van der Waals surface area contributed by atoms with Crippen molar-refractivity contribution in [2.75, 3.05) is 26.2 Å². The summed E-state index contributed by atoms with van der Waals surface area (Å²) in [5.74, 6) is 1.15. The predicted octanol–water partition coefficient (Wildman–Crippen LogP) is 0.235. The van der Waals surface area contributed by atoms with Crippen molar-refractivity contribution in [2.24, 2.45) is 10.7 Å². The summed E-state index contributed by atoms with van der Waals surface area (Å²) in [6.07, 6.45) is 2.80. The molecule has 1 aliphatic heterocycles. The lowest BCUT2D eigenvalue weighted by Crippen LogP contribution is -2.29. The van der Waals surface area contributed by atoms with Crippen LogP contribution in [0.4, 0.5) is 0 Å². The van der Waals surface area contributed by atoms with Crippen LogP contribution in [0.5, 0.6) is 0 Å². The molecule has 0 bridgehead atoms. The van der Waals surface area contributed by atoms with E-state index in [2.05, 4.69) is 16.5 Å². The van der Waals surface area contributed by atoms with Crippen LogP contribution in [0.3, 0.4) is 0 Å². The smallest absolute Gasteiger partial charge is 0.101 e. The lowest BCUT2D eigenvalue weighted by molar-refractivity contribution is 0.498. The van der Waals surface area contributed by atoms with Crippen molar-refractivity contribution in [3.05, 3.63) is 12.7 Å². The molecule has 0 atom stereocenters. The summed E-state index contributed by atoms with van der Waals surface area (Å²) in [5, 5.41) is 0. The number of nitrogens with zero attached hydrogens (tertiary/aromatic N) is 2.